The average Bonchev–Trinajstić information content (AvgIpc) is 3.07. The smallest absolute Gasteiger partial charge is 0.229 e. The Hall–Kier alpha value is -2.65. The van der Waals surface area contributed by atoms with Gasteiger partial charge in [0, 0.05) is 6.42 Å². The van der Waals surface area contributed by atoms with Gasteiger partial charge in [-0.1, -0.05) is 32.8 Å². The number of nitrogens with zero attached hydrogens (tertiary/aromatic N) is 2. The van der Waals surface area contributed by atoms with Crippen LogP contribution >= 0.6 is 11.5 Å². The lowest BCUT2D eigenvalue weighted by atomic mass is 9.92. The summed E-state index contributed by atoms with van der Waals surface area (Å²) in [6.07, 6.45) is 6.47. The Morgan fingerprint density at radius 2 is 2.15 bits per heavy atom. The molecule has 0 bridgehead atoms. The summed E-state index contributed by atoms with van der Waals surface area (Å²) in [6, 6.07) is 5.64. The van der Waals surface area contributed by atoms with E-state index in [0.717, 1.165) is 28.8 Å². The Bertz CT molecular complexity index is 1000. The largest absolute Gasteiger partial charge is 0.441 e. The number of benzene rings is 1. The molecule has 2 aromatic heterocycles. The van der Waals surface area contributed by atoms with Gasteiger partial charge >= 0.3 is 0 Å². The first-order chi connectivity index (χ1) is 12.2. The van der Waals surface area contributed by atoms with E-state index in [1.54, 1.807) is 0 Å². The summed E-state index contributed by atoms with van der Waals surface area (Å²) in [7, 11) is 0. The molecule has 1 aromatic carbocycles. The molecule has 0 saturated heterocycles. The summed E-state index contributed by atoms with van der Waals surface area (Å²) in [6.45, 7) is 8.25. The third-order valence-electron chi connectivity index (χ3n) is 3.80. The van der Waals surface area contributed by atoms with Gasteiger partial charge < -0.3 is 9.73 Å². The van der Waals surface area contributed by atoms with Crippen LogP contribution in [0.1, 0.15) is 43.5 Å². The van der Waals surface area contributed by atoms with E-state index in [2.05, 4.69) is 41.4 Å². The van der Waals surface area contributed by atoms with Crippen molar-refractivity contribution in [1.29, 1.82) is 0 Å². The number of anilines is 1. The molecule has 3 rings (SSSR count). The van der Waals surface area contributed by atoms with Crippen molar-refractivity contribution in [3.05, 3.63) is 40.9 Å². The number of terminal acetylenes is 1. The van der Waals surface area contributed by atoms with Crippen LogP contribution in [-0.2, 0) is 17.6 Å². The molecule has 0 atom stereocenters. The molecular weight excluding hydrogens is 346 g/mol. The summed E-state index contributed by atoms with van der Waals surface area (Å²) in [5, 5.41) is 3.46. The lowest BCUT2D eigenvalue weighted by Gasteiger charge is -2.14. The standard InChI is InChI=1S/C20H21N3O2S/c1-6-14-12(2)23-26-19(14)22-17(24)10-13-7-8-16-15(9-13)21-18(25-16)11-20(3,4)5/h1,7-9H,10-11H2,2-5H3,(H,22,24). The lowest BCUT2D eigenvalue weighted by molar-refractivity contribution is -0.115. The second kappa shape index (κ2) is 6.93. The molecule has 1 amide bonds. The maximum absolute atomic E-state index is 12.3. The number of aryl methyl sites for hydroxylation is 1. The Morgan fingerprint density at radius 3 is 2.85 bits per heavy atom. The zero-order chi connectivity index (χ0) is 18.9. The fraction of sp³-hybridized carbons (Fsp3) is 0.350. The number of aromatic nitrogens is 2. The van der Waals surface area contributed by atoms with Gasteiger partial charge in [0.2, 0.25) is 5.91 Å². The highest BCUT2D eigenvalue weighted by Gasteiger charge is 2.17. The maximum atomic E-state index is 12.3. The number of carbonyl (C=O) groups excluding carboxylic acids is 1. The highest BCUT2D eigenvalue weighted by molar-refractivity contribution is 7.10. The maximum Gasteiger partial charge on any atom is 0.229 e. The molecule has 1 N–H and O–H groups in total. The number of rotatable bonds is 4. The minimum Gasteiger partial charge on any atom is -0.441 e. The fourth-order valence-electron chi connectivity index (χ4n) is 2.64. The quantitative estimate of drug-likeness (QED) is 0.696. The molecule has 0 spiro atoms. The van der Waals surface area contributed by atoms with Crippen LogP contribution in [0.4, 0.5) is 5.00 Å². The molecular formula is C20H21N3O2S. The highest BCUT2D eigenvalue weighted by atomic mass is 32.1. The Labute approximate surface area is 157 Å². The Morgan fingerprint density at radius 1 is 1.38 bits per heavy atom. The van der Waals surface area contributed by atoms with E-state index >= 15 is 0 Å². The van der Waals surface area contributed by atoms with Gasteiger partial charge in [0.05, 0.1) is 17.7 Å². The van der Waals surface area contributed by atoms with Gasteiger partial charge in [-0.05, 0) is 41.6 Å². The van der Waals surface area contributed by atoms with Crippen molar-refractivity contribution in [1.82, 2.24) is 9.36 Å². The van der Waals surface area contributed by atoms with Crippen LogP contribution in [0.15, 0.2) is 22.6 Å². The van der Waals surface area contributed by atoms with Gasteiger partial charge in [-0.2, -0.15) is 4.37 Å². The molecule has 3 aromatic rings. The molecule has 0 radical (unpaired) electrons. The first-order valence-electron chi connectivity index (χ1n) is 8.36. The van der Waals surface area contributed by atoms with E-state index in [4.69, 9.17) is 10.8 Å². The van der Waals surface area contributed by atoms with Crippen molar-refractivity contribution in [3.63, 3.8) is 0 Å². The average molecular weight is 367 g/mol. The van der Waals surface area contributed by atoms with Crippen LogP contribution in [0.5, 0.6) is 0 Å². The predicted octanol–water partition coefficient (Wildman–Crippen LogP) is 4.34. The number of hydrogen-bond acceptors (Lipinski definition) is 5. The SMILES string of the molecule is C#Cc1c(C)nsc1NC(=O)Cc1ccc2oc(CC(C)(C)C)nc2c1. The molecule has 5 nitrogen and oxygen atoms in total. The van der Waals surface area contributed by atoms with Crippen LogP contribution in [0.25, 0.3) is 11.1 Å². The molecule has 0 unspecified atom stereocenters. The number of fused-ring (bicyclic) bond motifs is 1. The van der Waals surface area contributed by atoms with Gasteiger partial charge in [0.25, 0.3) is 0 Å². The van der Waals surface area contributed by atoms with Crippen LogP contribution in [0.2, 0.25) is 0 Å². The summed E-state index contributed by atoms with van der Waals surface area (Å²) < 4.78 is 9.97. The van der Waals surface area contributed by atoms with Crippen LogP contribution < -0.4 is 5.32 Å². The van der Waals surface area contributed by atoms with Gasteiger partial charge in [-0.25, -0.2) is 4.98 Å². The van der Waals surface area contributed by atoms with Gasteiger partial charge in [0.15, 0.2) is 11.5 Å². The molecule has 0 saturated carbocycles. The van der Waals surface area contributed by atoms with Crippen LogP contribution in [0, 0.1) is 24.7 Å². The third-order valence-corrected chi connectivity index (χ3v) is 4.66. The molecule has 0 aliphatic rings. The van der Waals surface area contributed by atoms with Crippen molar-refractivity contribution in [3.8, 4) is 12.3 Å². The van der Waals surface area contributed by atoms with Crippen molar-refractivity contribution >= 4 is 33.5 Å². The molecule has 0 aliphatic carbocycles. The van der Waals surface area contributed by atoms with E-state index in [9.17, 15) is 4.79 Å². The summed E-state index contributed by atoms with van der Waals surface area (Å²) in [5.41, 5.74) is 3.87. The lowest BCUT2D eigenvalue weighted by Crippen LogP contribution is -2.14. The second-order valence-electron chi connectivity index (χ2n) is 7.49. The topological polar surface area (TPSA) is 68.0 Å². The molecule has 134 valence electrons. The van der Waals surface area contributed by atoms with Crippen molar-refractivity contribution < 1.29 is 9.21 Å². The number of oxazole rings is 1. The number of nitrogens with one attached hydrogen (secondary N) is 1. The molecule has 6 heteroatoms. The van der Waals surface area contributed by atoms with E-state index in [1.807, 2.05) is 25.1 Å². The number of amides is 1. The van der Waals surface area contributed by atoms with Crippen molar-refractivity contribution in [2.24, 2.45) is 5.41 Å². The Balaban J connectivity index is 1.74. The summed E-state index contributed by atoms with van der Waals surface area (Å²) in [5.74, 6) is 3.15. The van der Waals surface area contributed by atoms with Crippen molar-refractivity contribution in [2.45, 2.75) is 40.5 Å². The second-order valence-corrected chi connectivity index (χ2v) is 8.26. The van der Waals surface area contributed by atoms with Gasteiger partial charge in [-0.3, -0.25) is 4.79 Å². The van der Waals surface area contributed by atoms with E-state index < -0.39 is 0 Å². The minimum atomic E-state index is -0.136. The summed E-state index contributed by atoms with van der Waals surface area (Å²) in [4.78, 5) is 16.9. The minimum absolute atomic E-state index is 0.102. The molecule has 0 fully saturated rings. The van der Waals surface area contributed by atoms with Crippen LogP contribution in [-0.4, -0.2) is 15.3 Å². The monoisotopic (exact) mass is 367 g/mol. The van der Waals surface area contributed by atoms with E-state index in [-0.39, 0.29) is 17.7 Å². The van der Waals surface area contributed by atoms with Gasteiger partial charge in [-0.15, -0.1) is 6.42 Å². The van der Waals surface area contributed by atoms with E-state index in [0.29, 0.717) is 16.5 Å². The Kier molecular flexibility index (Phi) is 4.84. The van der Waals surface area contributed by atoms with Crippen LogP contribution in [0.3, 0.4) is 0 Å². The zero-order valence-corrected chi connectivity index (χ0v) is 16.2. The molecule has 0 aliphatic heterocycles. The third kappa shape index (κ3) is 4.12. The normalized spacial score (nSPS) is 11.5. The summed E-state index contributed by atoms with van der Waals surface area (Å²) >= 11 is 1.20. The van der Waals surface area contributed by atoms with E-state index in [1.165, 1.54) is 11.5 Å². The molecule has 26 heavy (non-hydrogen) atoms. The first kappa shape index (κ1) is 18.2. The zero-order valence-electron chi connectivity index (χ0n) is 15.3. The molecule has 2 heterocycles. The predicted molar refractivity (Wildman–Crippen MR) is 104 cm³/mol. The number of carbonyl (C=O) groups is 1. The highest BCUT2D eigenvalue weighted by Crippen LogP contribution is 2.25. The fourth-order valence-corrected chi connectivity index (χ4v) is 3.42. The van der Waals surface area contributed by atoms with Crippen molar-refractivity contribution in [2.75, 3.05) is 5.32 Å². The number of hydrogen-bond donors (Lipinski definition) is 1. The van der Waals surface area contributed by atoms with Gasteiger partial charge in [0.1, 0.15) is 10.5 Å². The first-order valence-corrected chi connectivity index (χ1v) is 9.13.